The molecule has 6 N–H and O–H groups in total. The van der Waals surface area contributed by atoms with Crippen molar-refractivity contribution in [3.8, 4) is 0 Å². The molecule has 0 aromatic heterocycles. The SMILES string of the molecule is NC(N)=O.OCCC=CCCO. The van der Waals surface area contributed by atoms with Gasteiger partial charge in [-0.15, -0.1) is 0 Å². The number of hydrogen-bond donors (Lipinski definition) is 4. The Labute approximate surface area is 71.7 Å². The number of nitrogens with two attached hydrogens (primary N) is 2. The summed E-state index contributed by atoms with van der Waals surface area (Å²) in [4.78, 5) is 9.00. The molecule has 72 valence electrons. The van der Waals surface area contributed by atoms with Gasteiger partial charge in [0.1, 0.15) is 0 Å². The Morgan fingerprint density at radius 1 is 1.08 bits per heavy atom. The number of primary amides is 2. The van der Waals surface area contributed by atoms with Crippen LogP contribution in [0.2, 0.25) is 0 Å². The van der Waals surface area contributed by atoms with Gasteiger partial charge in [0, 0.05) is 13.2 Å². The highest BCUT2D eigenvalue weighted by Crippen LogP contribution is 1.83. The second-order valence-electron chi connectivity index (χ2n) is 1.90. The maximum atomic E-state index is 9.00. The summed E-state index contributed by atoms with van der Waals surface area (Å²) in [6, 6.07) is -0.833. The van der Waals surface area contributed by atoms with E-state index < -0.39 is 6.03 Å². The first-order chi connectivity index (χ1) is 5.65. The van der Waals surface area contributed by atoms with Crippen LogP contribution in [-0.4, -0.2) is 29.5 Å². The van der Waals surface area contributed by atoms with Gasteiger partial charge < -0.3 is 21.7 Å². The van der Waals surface area contributed by atoms with Crippen LogP contribution in [0.3, 0.4) is 0 Å². The molecule has 2 amide bonds. The fraction of sp³-hybridized carbons (Fsp3) is 0.571. The zero-order valence-electron chi connectivity index (χ0n) is 6.94. The van der Waals surface area contributed by atoms with E-state index in [1.54, 1.807) is 0 Å². The minimum atomic E-state index is -0.833. The highest BCUT2D eigenvalue weighted by molar-refractivity contribution is 5.69. The lowest BCUT2D eigenvalue weighted by molar-refractivity contribution is 0.256. The molecule has 12 heavy (non-hydrogen) atoms. The molecular weight excluding hydrogens is 160 g/mol. The van der Waals surface area contributed by atoms with Crippen molar-refractivity contribution >= 4 is 6.03 Å². The number of carbonyl (C=O) groups excluding carboxylic acids is 1. The number of aliphatic hydroxyl groups is 2. The van der Waals surface area contributed by atoms with Crippen LogP contribution in [0.15, 0.2) is 12.2 Å². The summed E-state index contributed by atoms with van der Waals surface area (Å²) in [5.74, 6) is 0. The zero-order chi connectivity index (χ0) is 9.82. The average molecular weight is 176 g/mol. The lowest BCUT2D eigenvalue weighted by Crippen LogP contribution is -2.18. The van der Waals surface area contributed by atoms with Gasteiger partial charge in [0.15, 0.2) is 0 Å². The normalized spacial score (nSPS) is 9.17. The largest absolute Gasteiger partial charge is 0.396 e. The van der Waals surface area contributed by atoms with Crippen molar-refractivity contribution in [1.82, 2.24) is 0 Å². The second-order valence-corrected chi connectivity index (χ2v) is 1.90. The first kappa shape index (κ1) is 13.5. The fourth-order valence-electron chi connectivity index (χ4n) is 0.385. The number of hydrogen-bond acceptors (Lipinski definition) is 3. The van der Waals surface area contributed by atoms with E-state index in [-0.39, 0.29) is 13.2 Å². The van der Waals surface area contributed by atoms with Crippen molar-refractivity contribution in [3.63, 3.8) is 0 Å². The van der Waals surface area contributed by atoms with Crippen LogP contribution < -0.4 is 11.5 Å². The molecule has 0 fully saturated rings. The van der Waals surface area contributed by atoms with E-state index in [0.29, 0.717) is 12.8 Å². The van der Waals surface area contributed by atoms with Gasteiger partial charge in [-0.25, -0.2) is 4.79 Å². The summed E-state index contributed by atoms with van der Waals surface area (Å²) in [7, 11) is 0. The molecule has 0 aliphatic heterocycles. The molecule has 0 aromatic carbocycles. The third-order valence-electron chi connectivity index (χ3n) is 0.758. The van der Waals surface area contributed by atoms with Crippen molar-refractivity contribution in [2.24, 2.45) is 11.5 Å². The maximum Gasteiger partial charge on any atom is 0.309 e. The molecular formula is C7H16N2O3. The standard InChI is InChI=1S/C6H12O2.CH4N2O/c7-5-3-1-2-4-6-8;2-1(3)4/h1-2,7-8H,3-6H2;(H4,2,3,4). The molecule has 0 saturated heterocycles. The van der Waals surface area contributed by atoms with E-state index in [1.807, 2.05) is 12.2 Å². The molecule has 0 rings (SSSR count). The molecule has 5 nitrogen and oxygen atoms in total. The molecule has 0 saturated carbocycles. The lowest BCUT2D eigenvalue weighted by atomic mass is 10.3. The monoisotopic (exact) mass is 176 g/mol. The van der Waals surface area contributed by atoms with Crippen molar-refractivity contribution in [1.29, 1.82) is 0 Å². The molecule has 0 unspecified atom stereocenters. The van der Waals surface area contributed by atoms with Gasteiger partial charge in [-0.3, -0.25) is 0 Å². The minimum Gasteiger partial charge on any atom is -0.396 e. The van der Waals surface area contributed by atoms with Gasteiger partial charge in [0.2, 0.25) is 0 Å². The minimum absolute atomic E-state index is 0.196. The van der Waals surface area contributed by atoms with Gasteiger partial charge in [-0.05, 0) is 12.8 Å². The van der Waals surface area contributed by atoms with Crippen LogP contribution >= 0.6 is 0 Å². The maximum absolute atomic E-state index is 9.00. The van der Waals surface area contributed by atoms with Crippen molar-refractivity contribution < 1.29 is 15.0 Å². The number of aliphatic hydroxyl groups excluding tert-OH is 2. The zero-order valence-corrected chi connectivity index (χ0v) is 6.94. The van der Waals surface area contributed by atoms with E-state index in [1.165, 1.54) is 0 Å². The Balaban J connectivity index is 0. The molecule has 0 aromatic rings. The molecule has 0 bridgehead atoms. The molecule has 0 radical (unpaired) electrons. The van der Waals surface area contributed by atoms with Crippen molar-refractivity contribution in [2.75, 3.05) is 13.2 Å². The Morgan fingerprint density at radius 3 is 1.50 bits per heavy atom. The highest BCUT2D eigenvalue weighted by Gasteiger charge is 1.73. The quantitative estimate of drug-likeness (QED) is 0.426. The van der Waals surface area contributed by atoms with Crippen LogP contribution in [0, 0.1) is 0 Å². The van der Waals surface area contributed by atoms with Crippen LogP contribution in [0.25, 0.3) is 0 Å². The summed E-state index contributed by atoms with van der Waals surface area (Å²) in [6.45, 7) is 0.393. The predicted octanol–water partition coefficient (Wildman–Crippen LogP) is -0.669. The van der Waals surface area contributed by atoms with Crippen LogP contribution in [0.4, 0.5) is 4.79 Å². The highest BCUT2D eigenvalue weighted by atomic mass is 16.3. The average Bonchev–Trinajstić information content (AvgIpc) is 1.97. The third kappa shape index (κ3) is 36.4. The van der Waals surface area contributed by atoms with E-state index in [4.69, 9.17) is 15.0 Å². The number of urea groups is 1. The smallest absolute Gasteiger partial charge is 0.309 e. The van der Waals surface area contributed by atoms with Crippen LogP contribution in [0.1, 0.15) is 12.8 Å². The van der Waals surface area contributed by atoms with Gasteiger partial charge in [0.05, 0.1) is 0 Å². The lowest BCUT2D eigenvalue weighted by Gasteiger charge is -1.83. The molecule has 5 heteroatoms. The Hall–Kier alpha value is -1.07. The fourth-order valence-corrected chi connectivity index (χ4v) is 0.385. The van der Waals surface area contributed by atoms with E-state index in [9.17, 15) is 0 Å². The van der Waals surface area contributed by atoms with Crippen LogP contribution in [-0.2, 0) is 0 Å². The Morgan fingerprint density at radius 2 is 1.33 bits per heavy atom. The molecule has 0 heterocycles. The number of amides is 2. The van der Waals surface area contributed by atoms with E-state index in [0.717, 1.165) is 0 Å². The van der Waals surface area contributed by atoms with Crippen molar-refractivity contribution in [2.45, 2.75) is 12.8 Å². The Kier molecular flexibility index (Phi) is 14.2. The van der Waals surface area contributed by atoms with Gasteiger partial charge in [0.25, 0.3) is 0 Å². The predicted molar refractivity (Wildman–Crippen MR) is 46.3 cm³/mol. The Bertz CT molecular complexity index is 114. The van der Waals surface area contributed by atoms with Crippen LogP contribution in [0.5, 0.6) is 0 Å². The van der Waals surface area contributed by atoms with Gasteiger partial charge >= 0.3 is 6.03 Å². The first-order valence-corrected chi connectivity index (χ1v) is 3.56. The second kappa shape index (κ2) is 12.6. The summed E-state index contributed by atoms with van der Waals surface area (Å²) in [6.07, 6.45) is 5.10. The topological polar surface area (TPSA) is 110 Å². The van der Waals surface area contributed by atoms with E-state index >= 15 is 0 Å². The van der Waals surface area contributed by atoms with Crippen molar-refractivity contribution in [3.05, 3.63) is 12.2 Å². The first-order valence-electron chi connectivity index (χ1n) is 3.56. The summed E-state index contributed by atoms with van der Waals surface area (Å²) in [5, 5.41) is 16.5. The molecule has 0 aliphatic rings. The molecule has 0 atom stereocenters. The number of carbonyl (C=O) groups is 1. The van der Waals surface area contributed by atoms with Gasteiger partial charge in [-0.1, -0.05) is 12.2 Å². The number of rotatable bonds is 4. The summed E-state index contributed by atoms with van der Waals surface area (Å²) < 4.78 is 0. The van der Waals surface area contributed by atoms with Gasteiger partial charge in [-0.2, -0.15) is 0 Å². The summed E-state index contributed by atoms with van der Waals surface area (Å²) >= 11 is 0. The summed E-state index contributed by atoms with van der Waals surface area (Å²) in [5.41, 5.74) is 8.50. The molecule has 0 aliphatic carbocycles. The van der Waals surface area contributed by atoms with E-state index in [2.05, 4.69) is 11.5 Å². The third-order valence-corrected chi connectivity index (χ3v) is 0.758. The molecule has 0 spiro atoms.